The van der Waals surface area contributed by atoms with Crippen LogP contribution < -0.4 is 5.73 Å². The van der Waals surface area contributed by atoms with Gasteiger partial charge in [-0.25, -0.2) is 9.07 Å². The summed E-state index contributed by atoms with van der Waals surface area (Å²) in [5.74, 6) is -0.236. The molecule has 1 aromatic carbocycles. The summed E-state index contributed by atoms with van der Waals surface area (Å²) < 4.78 is 14.7. The molecule has 4 nitrogen and oxygen atoms in total. The highest BCUT2D eigenvalue weighted by molar-refractivity contribution is 5.26. The van der Waals surface area contributed by atoms with E-state index in [1.54, 1.807) is 16.9 Å². The average molecular weight is 220 g/mol. The van der Waals surface area contributed by atoms with Crippen molar-refractivity contribution >= 4 is 0 Å². The Balaban J connectivity index is 2.22. The van der Waals surface area contributed by atoms with Crippen molar-refractivity contribution in [1.82, 2.24) is 15.0 Å². The van der Waals surface area contributed by atoms with Crippen molar-refractivity contribution in [3.8, 4) is 0 Å². The van der Waals surface area contributed by atoms with E-state index in [0.29, 0.717) is 13.1 Å². The zero-order chi connectivity index (χ0) is 11.5. The van der Waals surface area contributed by atoms with Crippen LogP contribution in [0.3, 0.4) is 0 Å². The summed E-state index contributed by atoms with van der Waals surface area (Å²) in [6, 6.07) is 4.72. The minimum Gasteiger partial charge on any atom is -0.325 e. The van der Waals surface area contributed by atoms with Crippen LogP contribution in [0.15, 0.2) is 24.4 Å². The van der Waals surface area contributed by atoms with E-state index in [1.165, 1.54) is 12.1 Å². The second kappa shape index (κ2) is 4.40. The molecule has 0 unspecified atom stereocenters. The Labute approximate surface area is 92.9 Å². The molecule has 2 aromatic rings. The average Bonchev–Trinajstić information content (AvgIpc) is 2.71. The molecular formula is C11H13FN4. The number of halogens is 1. The van der Waals surface area contributed by atoms with E-state index in [1.807, 2.05) is 6.92 Å². The predicted octanol–water partition coefficient (Wildman–Crippen LogP) is 1.23. The van der Waals surface area contributed by atoms with Gasteiger partial charge in [0, 0.05) is 6.54 Å². The second-order valence-electron chi connectivity index (χ2n) is 3.68. The van der Waals surface area contributed by atoms with Crippen LogP contribution in [-0.4, -0.2) is 15.0 Å². The van der Waals surface area contributed by atoms with Crippen LogP contribution in [0.2, 0.25) is 0 Å². The van der Waals surface area contributed by atoms with Crippen molar-refractivity contribution in [1.29, 1.82) is 0 Å². The molecule has 84 valence electrons. The van der Waals surface area contributed by atoms with Crippen molar-refractivity contribution < 1.29 is 4.39 Å². The van der Waals surface area contributed by atoms with Gasteiger partial charge in [0.25, 0.3) is 0 Å². The maximum atomic E-state index is 13.1. The third kappa shape index (κ3) is 2.25. The Morgan fingerprint density at radius 1 is 1.44 bits per heavy atom. The fourth-order valence-electron chi connectivity index (χ4n) is 1.49. The van der Waals surface area contributed by atoms with Crippen molar-refractivity contribution in [3.05, 3.63) is 47.0 Å². The van der Waals surface area contributed by atoms with Gasteiger partial charge < -0.3 is 5.73 Å². The van der Waals surface area contributed by atoms with Crippen molar-refractivity contribution in [2.75, 3.05) is 0 Å². The molecule has 0 saturated heterocycles. The Bertz CT molecular complexity index is 492. The Kier molecular flexibility index (Phi) is 2.96. The first-order chi connectivity index (χ1) is 7.69. The van der Waals surface area contributed by atoms with Crippen LogP contribution in [0.5, 0.6) is 0 Å². The Morgan fingerprint density at radius 2 is 2.25 bits per heavy atom. The van der Waals surface area contributed by atoms with E-state index in [2.05, 4.69) is 10.3 Å². The van der Waals surface area contributed by atoms with Gasteiger partial charge in [0.05, 0.1) is 18.4 Å². The van der Waals surface area contributed by atoms with Crippen LogP contribution in [0.25, 0.3) is 0 Å². The normalized spacial score (nSPS) is 10.7. The molecule has 16 heavy (non-hydrogen) atoms. The molecule has 0 saturated carbocycles. The second-order valence-corrected chi connectivity index (χ2v) is 3.68. The zero-order valence-corrected chi connectivity index (χ0v) is 9.02. The highest BCUT2D eigenvalue weighted by Gasteiger charge is 2.03. The molecule has 2 rings (SSSR count). The number of hydrogen-bond acceptors (Lipinski definition) is 3. The number of aromatic nitrogens is 3. The van der Waals surface area contributed by atoms with Crippen LogP contribution in [0.1, 0.15) is 16.8 Å². The third-order valence-electron chi connectivity index (χ3n) is 2.44. The van der Waals surface area contributed by atoms with Gasteiger partial charge in [0.1, 0.15) is 5.82 Å². The highest BCUT2D eigenvalue weighted by Crippen LogP contribution is 2.11. The summed E-state index contributed by atoms with van der Waals surface area (Å²) in [6.45, 7) is 2.81. The third-order valence-corrected chi connectivity index (χ3v) is 2.44. The monoisotopic (exact) mass is 220 g/mol. The first kappa shape index (κ1) is 10.8. The highest BCUT2D eigenvalue weighted by atomic mass is 19.1. The van der Waals surface area contributed by atoms with Crippen molar-refractivity contribution in [2.24, 2.45) is 5.73 Å². The quantitative estimate of drug-likeness (QED) is 0.846. The molecule has 1 aromatic heterocycles. The Morgan fingerprint density at radius 3 is 2.94 bits per heavy atom. The standard InChI is InChI=1S/C11H13FN4/c1-8-2-3-10(12)4-9(8)6-16-7-11(5-13)14-15-16/h2-4,7H,5-6,13H2,1H3. The minimum atomic E-state index is -0.236. The van der Waals surface area contributed by atoms with Gasteiger partial charge in [-0.15, -0.1) is 5.10 Å². The van der Waals surface area contributed by atoms with E-state index in [-0.39, 0.29) is 5.82 Å². The SMILES string of the molecule is Cc1ccc(F)cc1Cn1cc(CN)nn1. The lowest BCUT2D eigenvalue weighted by Gasteiger charge is -2.05. The number of nitrogens with two attached hydrogens (primary N) is 1. The lowest BCUT2D eigenvalue weighted by atomic mass is 10.1. The maximum absolute atomic E-state index is 13.1. The van der Waals surface area contributed by atoms with Crippen LogP contribution in [0.4, 0.5) is 4.39 Å². The number of nitrogens with zero attached hydrogens (tertiary/aromatic N) is 3. The molecule has 0 atom stereocenters. The van der Waals surface area contributed by atoms with Crippen LogP contribution in [-0.2, 0) is 13.1 Å². The molecule has 2 N–H and O–H groups in total. The smallest absolute Gasteiger partial charge is 0.123 e. The molecular weight excluding hydrogens is 207 g/mol. The molecule has 0 aliphatic heterocycles. The maximum Gasteiger partial charge on any atom is 0.123 e. The van der Waals surface area contributed by atoms with Gasteiger partial charge >= 0.3 is 0 Å². The largest absolute Gasteiger partial charge is 0.325 e. The van der Waals surface area contributed by atoms with Gasteiger partial charge in [0.2, 0.25) is 0 Å². The minimum absolute atomic E-state index is 0.236. The van der Waals surface area contributed by atoms with E-state index in [9.17, 15) is 4.39 Å². The Hall–Kier alpha value is -1.75. The topological polar surface area (TPSA) is 56.7 Å². The summed E-state index contributed by atoms with van der Waals surface area (Å²) in [7, 11) is 0. The summed E-state index contributed by atoms with van der Waals surface area (Å²) in [5, 5.41) is 7.79. The van der Waals surface area contributed by atoms with Gasteiger partial charge in [-0.2, -0.15) is 0 Å². The first-order valence-corrected chi connectivity index (χ1v) is 5.03. The summed E-state index contributed by atoms with van der Waals surface area (Å²) in [6.07, 6.45) is 1.77. The van der Waals surface area contributed by atoms with Gasteiger partial charge in [-0.3, -0.25) is 0 Å². The lowest BCUT2D eigenvalue weighted by molar-refractivity contribution is 0.612. The fraction of sp³-hybridized carbons (Fsp3) is 0.273. The van der Waals surface area contributed by atoms with Gasteiger partial charge in [-0.05, 0) is 30.2 Å². The number of aryl methyl sites for hydroxylation is 1. The predicted molar refractivity (Wildman–Crippen MR) is 58.2 cm³/mol. The van der Waals surface area contributed by atoms with Crippen LogP contribution >= 0.6 is 0 Å². The van der Waals surface area contributed by atoms with Crippen LogP contribution in [0, 0.1) is 12.7 Å². The van der Waals surface area contributed by atoms with Gasteiger partial charge in [-0.1, -0.05) is 11.3 Å². The number of hydrogen-bond donors (Lipinski definition) is 1. The number of rotatable bonds is 3. The van der Waals surface area contributed by atoms with Crippen molar-refractivity contribution in [2.45, 2.75) is 20.0 Å². The fourth-order valence-corrected chi connectivity index (χ4v) is 1.49. The van der Waals surface area contributed by atoms with E-state index in [0.717, 1.165) is 16.8 Å². The zero-order valence-electron chi connectivity index (χ0n) is 9.02. The molecule has 0 radical (unpaired) electrons. The molecule has 0 bridgehead atoms. The molecule has 0 spiro atoms. The molecule has 1 heterocycles. The first-order valence-electron chi connectivity index (χ1n) is 5.03. The van der Waals surface area contributed by atoms with E-state index >= 15 is 0 Å². The summed E-state index contributed by atoms with van der Waals surface area (Å²) >= 11 is 0. The molecule has 0 fully saturated rings. The molecule has 5 heteroatoms. The lowest BCUT2D eigenvalue weighted by Crippen LogP contribution is -2.02. The summed E-state index contributed by atoms with van der Waals surface area (Å²) in [4.78, 5) is 0. The van der Waals surface area contributed by atoms with E-state index < -0.39 is 0 Å². The number of benzene rings is 1. The molecule has 0 amide bonds. The van der Waals surface area contributed by atoms with E-state index in [4.69, 9.17) is 5.73 Å². The van der Waals surface area contributed by atoms with Gasteiger partial charge in [0.15, 0.2) is 0 Å². The van der Waals surface area contributed by atoms with Crippen molar-refractivity contribution in [3.63, 3.8) is 0 Å². The molecule has 0 aliphatic carbocycles. The summed E-state index contributed by atoms with van der Waals surface area (Å²) in [5.41, 5.74) is 8.10. The molecule has 0 aliphatic rings.